The van der Waals surface area contributed by atoms with E-state index in [9.17, 15) is 4.79 Å². The van der Waals surface area contributed by atoms with E-state index in [0.29, 0.717) is 11.4 Å². The summed E-state index contributed by atoms with van der Waals surface area (Å²) in [6.45, 7) is 2.02. The van der Waals surface area contributed by atoms with Gasteiger partial charge in [-0.2, -0.15) is 0 Å². The molecule has 1 aliphatic heterocycles. The van der Waals surface area contributed by atoms with Gasteiger partial charge in [0.15, 0.2) is 6.10 Å². The van der Waals surface area contributed by atoms with E-state index >= 15 is 0 Å². The summed E-state index contributed by atoms with van der Waals surface area (Å²) in [6.07, 6.45) is 0.102. The van der Waals surface area contributed by atoms with Gasteiger partial charge in [0.1, 0.15) is 5.75 Å². The second-order valence-electron chi connectivity index (χ2n) is 5.60. The van der Waals surface area contributed by atoms with E-state index in [4.69, 9.17) is 16.3 Å². The lowest BCUT2D eigenvalue weighted by atomic mass is 10.1. The summed E-state index contributed by atoms with van der Waals surface area (Å²) in [5.41, 5.74) is 2.10. The van der Waals surface area contributed by atoms with Crippen molar-refractivity contribution in [2.24, 2.45) is 0 Å². The fourth-order valence-corrected chi connectivity index (χ4v) is 2.92. The Morgan fingerprint density at radius 3 is 2.73 bits per heavy atom. The Balaban J connectivity index is 1.73. The highest BCUT2D eigenvalue weighted by molar-refractivity contribution is 6.30. The van der Waals surface area contributed by atoms with Crippen molar-refractivity contribution < 1.29 is 9.53 Å². The molecular formula is C18H18ClNO2. The van der Waals surface area contributed by atoms with Crippen LogP contribution in [0.5, 0.6) is 5.75 Å². The maximum atomic E-state index is 12.7. The van der Waals surface area contributed by atoms with Crippen molar-refractivity contribution in [2.45, 2.75) is 25.5 Å². The number of carbonyl (C=O) groups excluding carboxylic acids is 1. The van der Waals surface area contributed by atoms with Crippen LogP contribution in [-0.4, -0.2) is 24.0 Å². The van der Waals surface area contributed by atoms with E-state index in [1.807, 2.05) is 56.4 Å². The number of carbonyl (C=O) groups is 1. The van der Waals surface area contributed by atoms with Crippen LogP contribution in [0.4, 0.5) is 0 Å². The smallest absolute Gasteiger partial charge is 0.264 e. The highest BCUT2D eigenvalue weighted by Gasteiger charge is 2.33. The molecule has 3 nitrogen and oxygen atoms in total. The van der Waals surface area contributed by atoms with Crippen LogP contribution in [0, 0.1) is 0 Å². The largest absolute Gasteiger partial charge is 0.480 e. The van der Waals surface area contributed by atoms with Gasteiger partial charge in [0, 0.05) is 18.5 Å². The van der Waals surface area contributed by atoms with Crippen molar-refractivity contribution in [1.29, 1.82) is 0 Å². The molecule has 1 heterocycles. The third-order valence-corrected chi connectivity index (χ3v) is 4.42. The molecule has 0 spiro atoms. The standard InChI is InChI=1S/C18H18ClNO2/c1-12(13-6-4-3-5-7-13)20(2)18(21)17-11-14-10-15(19)8-9-16(14)22-17/h3-10,12,17H,11H2,1-2H3/t12-,17+/m1/s1. The Morgan fingerprint density at radius 1 is 1.27 bits per heavy atom. The number of hydrogen-bond acceptors (Lipinski definition) is 2. The van der Waals surface area contributed by atoms with Crippen molar-refractivity contribution in [3.8, 4) is 5.75 Å². The number of nitrogens with zero attached hydrogens (tertiary/aromatic N) is 1. The SMILES string of the molecule is C[C@H](c1ccccc1)N(C)C(=O)[C@@H]1Cc2cc(Cl)ccc2O1. The van der Waals surface area contributed by atoms with Crippen LogP contribution in [0.15, 0.2) is 48.5 Å². The Bertz CT molecular complexity index is 687. The minimum atomic E-state index is -0.468. The minimum Gasteiger partial charge on any atom is -0.480 e. The predicted octanol–water partition coefficient (Wildman–Crippen LogP) is 3.86. The van der Waals surface area contributed by atoms with Gasteiger partial charge < -0.3 is 9.64 Å². The van der Waals surface area contributed by atoms with E-state index in [1.54, 1.807) is 11.0 Å². The van der Waals surface area contributed by atoms with Gasteiger partial charge in [0.2, 0.25) is 0 Å². The number of fused-ring (bicyclic) bond motifs is 1. The summed E-state index contributed by atoms with van der Waals surface area (Å²) < 4.78 is 5.78. The molecule has 0 unspecified atom stereocenters. The first-order valence-electron chi connectivity index (χ1n) is 7.33. The Labute approximate surface area is 135 Å². The van der Waals surface area contributed by atoms with Gasteiger partial charge in [0.05, 0.1) is 6.04 Å². The molecule has 22 heavy (non-hydrogen) atoms. The molecule has 4 heteroatoms. The number of amides is 1. The Hall–Kier alpha value is -2.00. The number of ether oxygens (including phenoxy) is 1. The number of benzene rings is 2. The average Bonchev–Trinajstić information content (AvgIpc) is 2.96. The monoisotopic (exact) mass is 315 g/mol. The van der Waals surface area contributed by atoms with Gasteiger partial charge in [-0.3, -0.25) is 4.79 Å². The summed E-state index contributed by atoms with van der Waals surface area (Å²) in [5, 5.41) is 0.668. The van der Waals surface area contributed by atoms with Gasteiger partial charge in [-0.05, 0) is 36.2 Å². The molecule has 0 aliphatic carbocycles. The quantitative estimate of drug-likeness (QED) is 0.860. The average molecular weight is 316 g/mol. The molecule has 2 aromatic rings. The molecule has 2 aromatic carbocycles. The normalized spacial score (nSPS) is 17.5. The van der Waals surface area contributed by atoms with Crippen LogP contribution in [0.1, 0.15) is 24.1 Å². The number of rotatable bonds is 3. The third kappa shape index (κ3) is 2.81. The van der Waals surface area contributed by atoms with Crippen LogP contribution >= 0.6 is 11.6 Å². The maximum absolute atomic E-state index is 12.7. The predicted molar refractivity (Wildman–Crippen MR) is 87.2 cm³/mol. The zero-order chi connectivity index (χ0) is 15.7. The van der Waals surface area contributed by atoms with Crippen LogP contribution < -0.4 is 4.74 Å². The van der Waals surface area contributed by atoms with Crippen molar-refractivity contribution in [3.05, 3.63) is 64.7 Å². The fourth-order valence-electron chi connectivity index (χ4n) is 2.73. The molecule has 0 saturated heterocycles. The van der Waals surface area contributed by atoms with Crippen LogP contribution in [0.3, 0.4) is 0 Å². The van der Waals surface area contributed by atoms with E-state index in [2.05, 4.69) is 0 Å². The molecule has 1 amide bonds. The third-order valence-electron chi connectivity index (χ3n) is 4.18. The molecule has 0 N–H and O–H groups in total. The van der Waals surface area contributed by atoms with E-state index in [1.165, 1.54) is 0 Å². The highest BCUT2D eigenvalue weighted by atomic mass is 35.5. The first-order valence-corrected chi connectivity index (χ1v) is 7.71. The fraction of sp³-hybridized carbons (Fsp3) is 0.278. The molecule has 0 aromatic heterocycles. The first kappa shape index (κ1) is 14.9. The lowest BCUT2D eigenvalue weighted by molar-refractivity contribution is -0.138. The summed E-state index contributed by atoms with van der Waals surface area (Å²) in [6, 6.07) is 15.5. The van der Waals surface area contributed by atoms with Crippen LogP contribution in [0.25, 0.3) is 0 Å². The lowest BCUT2D eigenvalue weighted by Crippen LogP contribution is -2.40. The van der Waals surface area contributed by atoms with Gasteiger partial charge in [-0.15, -0.1) is 0 Å². The first-order chi connectivity index (χ1) is 10.6. The summed E-state index contributed by atoms with van der Waals surface area (Å²) in [5.74, 6) is 0.743. The maximum Gasteiger partial charge on any atom is 0.264 e. The van der Waals surface area contributed by atoms with E-state index in [0.717, 1.165) is 16.9 Å². The Kier molecular flexibility index (Phi) is 4.08. The van der Waals surface area contributed by atoms with Gasteiger partial charge in [0.25, 0.3) is 5.91 Å². The lowest BCUT2D eigenvalue weighted by Gasteiger charge is -2.27. The second kappa shape index (κ2) is 6.01. The summed E-state index contributed by atoms with van der Waals surface area (Å²) in [4.78, 5) is 14.4. The molecule has 0 bridgehead atoms. The number of halogens is 1. The zero-order valence-electron chi connectivity index (χ0n) is 12.6. The summed E-state index contributed by atoms with van der Waals surface area (Å²) >= 11 is 5.99. The summed E-state index contributed by atoms with van der Waals surface area (Å²) in [7, 11) is 1.82. The second-order valence-corrected chi connectivity index (χ2v) is 6.03. The topological polar surface area (TPSA) is 29.5 Å². The molecule has 0 radical (unpaired) electrons. The van der Waals surface area contributed by atoms with Crippen molar-refractivity contribution in [2.75, 3.05) is 7.05 Å². The molecule has 1 aliphatic rings. The van der Waals surface area contributed by atoms with Gasteiger partial charge in [-0.25, -0.2) is 0 Å². The molecule has 2 atom stereocenters. The van der Waals surface area contributed by atoms with E-state index < -0.39 is 6.10 Å². The number of likely N-dealkylation sites (N-methyl/N-ethyl adjacent to an activating group) is 1. The van der Waals surface area contributed by atoms with E-state index in [-0.39, 0.29) is 11.9 Å². The van der Waals surface area contributed by atoms with Crippen LogP contribution in [0.2, 0.25) is 5.02 Å². The molecule has 0 fully saturated rings. The van der Waals surface area contributed by atoms with Crippen molar-refractivity contribution in [3.63, 3.8) is 0 Å². The molecule has 114 valence electrons. The van der Waals surface area contributed by atoms with Crippen molar-refractivity contribution in [1.82, 2.24) is 4.90 Å². The Morgan fingerprint density at radius 2 is 2.00 bits per heavy atom. The minimum absolute atomic E-state index is 0.00426. The van der Waals surface area contributed by atoms with Crippen molar-refractivity contribution >= 4 is 17.5 Å². The number of hydrogen-bond donors (Lipinski definition) is 0. The molecule has 3 rings (SSSR count). The zero-order valence-corrected chi connectivity index (χ0v) is 13.4. The molecule has 0 saturated carbocycles. The van der Waals surface area contributed by atoms with Gasteiger partial charge in [-0.1, -0.05) is 41.9 Å². The highest BCUT2D eigenvalue weighted by Crippen LogP contribution is 2.32. The molecular weight excluding hydrogens is 298 g/mol. The van der Waals surface area contributed by atoms with Gasteiger partial charge >= 0.3 is 0 Å². The van der Waals surface area contributed by atoms with Crippen LogP contribution in [-0.2, 0) is 11.2 Å².